The van der Waals surface area contributed by atoms with E-state index in [1.165, 1.54) is 13.2 Å². The summed E-state index contributed by atoms with van der Waals surface area (Å²) in [7, 11) is 1.52. The van der Waals surface area contributed by atoms with E-state index in [1.54, 1.807) is 30.3 Å². The summed E-state index contributed by atoms with van der Waals surface area (Å²) in [5.41, 5.74) is 3.10. The van der Waals surface area contributed by atoms with Gasteiger partial charge in [0, 0.05) is 28.6 Å². The normalized spacial score (nSPS) is 12.8. The Kier molecular flexibility index (Phi) is 7.90. The highest BCUT2D eigenvalue weighted by Gasteiger charge is 2.25. The Balaban J connectivity index is 1.66. The molecule has 7 heteroatoms. The Morgan fingerprint density at radius 1 is 1.14 bits per heavy atom. The number of amides is 1. The molecule has 3 N–H and O–H groups in total. The molecule has 4 aromatic rings. The fourth-order valence-electron chi connectivity index (χ4n) is 4.33. The molecule has 36 heavy (non-hydrogen) atoms. The number of methoxy groups -OCH3 is 1. The first-order chi connectivity index (χ1) is 17.5. The topological polar surface area (TPSA) is 83.6 Å². The van der Waals surface area contributed by atoms with E-state index >= 15 is 0 Å². The van der Waals surface area contributed by atoms with Gasteiger partial charge in [0.1, 0.15) is 17.3 Å². The molecule has 4 rings (SSSR count). The minimum atomic E-state index is -0.548. The molecule has 0 bridgehead atoms. The second-order valence-electron chi connectivity index (χ2n) is 8.75. The second-order valence-corrected chi connectivity index (χ2v) is 8.75. The zero-order valence-corrected chi connectivity index (χ0v) is 20.7. The lowest BCUT2D eigenvalue weighted by Gasteiger charge is -2.24. The molecule has 1 unspecified atom stereocenters. The molecule has 6 nitrogen and oxygen atoms in total. The largest absolute Gasteiger partial charge is 0.497 e. The molecule has 0 saturated heterocycles. The fourth-order valence-corrected chi connectivity index (χ4v) is 4.33. The van der Waals surface area contributed by atoms with Gasteiger partial charge in [-0.2, -0.15) is 0 Å². The summed E-state index contributed by atoms with van der Waals surface area (Å²) >= 11 is 0. The number of aromatic nitrogens is 1. The third kappa shape index (κ3) is 5.21. The van der Waals surface area contributed by atoms with Gasteiger partial charge in [0.05, 0.1) is 31.9 Å². The lowest BCUT2D eigenvalue weighted by molar-refractivity contribution is 0.0903. The quantitative estimate of drug-likeness (QED) is 0.268. The Labute approximate surface area is 210 Å². The molecule has 0 radical (unpaired) electrons. The highest BCUT2D eigenvalue weighted by Crippen LogP contribution is 2.32. The van der Waals surface area contributed by atoms with Gasteiger partial charge in [0.15, 0.2) is 0 Å². The van der Waals surface area contributed by atoms with E-state index in [4.69, 9.17) is 9.47 Å². The molecular formula is C29H31FN2O4. The van der Waals surface area contributed by atoms with Crippen molar-refractivity contribution in [3.05, 3.63) is 83.8 Å². The van der Waals surface area contributed by atoms with Crippen LogP contribution in [0.1, 0.15) is 42.1 Å². The molecule has 2 atom stereocenters. The maximum Gasteiger partial charge on any atom is 0.255 e. The average molecular weight is 491 g/mol. The van der Waals surface area contributed by atoms with Gasteiger partial charge in [0.2, 0.25) is 0 Å². The van der Waals surface area contributed by atoms with Gasteiger partial charge in [0.25, 0.3) is 5.91 Å². The van der Waals surface area contributed by atoms with Crippen molar-refractivity contribution >= 4 is 16.8 Å². The molecule has 1 aromatic heterocycles. The SMILES string of the molecule is CCCOc1ccc(-c2cc(OC)ccc2F)cc1C(=O)NC(CO)[C@H](C)c1c[nH]c2ccccc12. The van der Waals surface area contributed by atoms with Crippen LogP contribution in [0.5, 0.6) is 11.5 Å². The highest BCUT2D eigenvalue weighted by atomic mass is 19.1. The number of para-hydroxylation sites is 1. The number of halogens is 1. The van der Waals surface area contributed by atoms with E-state index in [9.17, 15) is 14.3 Å². The summed E-state index contributed by atoms with van der Waals surface area (Å²) in [5, 5.41) is 14.2. The van der Waals surface area contributed by atoms with Crippen LogP contribution in [0.2, 0.25) is 0 Å². The van der Waals surface area contributed by atoms with Crippen LogP contribution < -0.4 is 14.8 Å². The predicted molar refractivity (Wildman–Crippen MR) is 139 cm³/mol. The van der Waals surface area contributed by atoms with Crippen molar-refractivity contribution < 1.29 is 23.8 Å². The van der Waals surface area contributed by atoms with Crippen LogP contribution in [0.15, 0.2) is 66.9 Å². The van der Waals surface area contributed by atoms with Crippen LogP contribution in [0.3, 0.4) is 0 Å². The first kappa shape index (κ1) is 25.3. The molecule has 0 saturated carbocycles. The van der Waals surface area contributed by atoms with E-state index < -0.39 is 17.8 Å². The number of ether oxygens (including phenoxy) is 2. The lowest BCUT2D eigenvalue weighted by atomic mass is 9.93. The van der Waals surface area contributed by atoms with Crippen LogP contribution in [0.25, 0.3) is 22.0 Å². The fraction of sp³-hybridized carbons (Fsp3) is 0.276. The molecule has 1 amide bonds. The molecule has 188 valence electrons. The number of rotatable bonds is 10. The summed E-state index contributed by atoms with van der Waals surface area (Å²) in [5.74, 6) is -0.0915. The van der Waals surface area contributed by atoms with Gasteiger partial charge in [-0.1, -0.05) is 38.1 Å². The monoisotopic (exact) mass is 490 g/mol. The Hall–Kier alpha value is -3.84. The van der Waals surface area contributed by atoms with Crippen molar-refractivity contribution in [2.75, 3.05) is 20.3 Å². The Morgan fingerprint density at radius 2 is 1.94 bits per heavy atom. The zero-order chi connectivity index (χ0) is 25.7. The van der Waals surface area contributed by atoms with Crippen LogP contribution in [-0.2, 0) is 0 Å². The molecule has 0 spiro atoms. The van der Waals surface area contributed by atoms with Gasteiger partial charge in [-0.3, -0.25) is 4.79 Å². The third-order valence-electron chi connectivity index (χ3n) is 6.40. The van der Waals surface area contributed by atoms with E-state index in [1.807, 2.05) is 44.3 Å². The van der Waals surface area contributed by atoms with E-state index in [-0.39, 0.29) is 18.1 Å². The average Bonchev–Trinajstić information content (AvgIpc) is 3.34. The number of hydrogen-bond donors (Lipinski definition) is 3. The third-order valence-corrected chi connectivity index (χ3v) is 6.40. The number of aromatic amines is 1. The number of hydrogen-bond acceptors (Lipinski definition) is 4. The first-order valence-electron chi connectivity index (χ1n) is 12.0. The molecule has 3 aromatic carbocycles. The predicted octanol–water partition coefficient (Wildman–Crippen LogP) is 5.67. The number of nitrogens with one attached hydrogen (secondary N) is 2. The highest BCUT2D eigenvalue weighted by molar-refractivity contribution is 5.98. The van der Waals surface area contributed by atoms with Crippen LogP contribution >= 0.6 is 0 Å². The minimum absolute atomic E-state index is 0.172. The lowest BCUT2D eigenvalue weighted by Crippen LogP contribution is -2.41. The number of aliphatic hydroxyl groups is 1. The van der Waals surface area contributed by atoms with E-state index in [2.05, 4.69) is 10.3 Å². The van der Waals surface area contributed by atoms with Crippen molar-refractivity contribution in [1.82, 2.24) is 10.3 Å². The molecule has 0 aliphatic carbocycles. The van der Waals surface area contributed by atoms with Crippen LogP contribution in [-0.4, -0.2) is 42.4 Å². The molecule has 1 heterocycles. The standard InChI is InChI=1S/C29H31FN2O4/c1-4-13-36-28-12-9-19(22-15-20(35-3)10-11-25(22)30)14-23(28)29(34)32-27(17-33)18(2)24-16-31-26-8-6-5-7-21(24)26/h5-12,14-16,18,27,31,33H,4,13,17H2,1-3H3,(H,32,34)/t18-,27?/m1/s1. The van der Waals surface area contributed by atoms with Crippen molar-refractivity contribution in [1.29, 1.82) is 0 Å². The molecule has 0 aliphatic heterocycles. The van der Waals surface area contributed by atoms with E-state index in [0.717, 1.165) is 22.9 Å². The van der Waals surface area contributed by atoms with Crippen molar-refractivity contribution in [3.8, 4) is 22.6 Å². The van der Waals surface area contributed by atoms with Crippen molar-refractivity contribution in [2.45, 2.75) is 32.2 Å². The van der Waals surface area contributed by atoms with Crippen molar-refractivity contribution in [3.63, 3.8) is 0 Å². The van der Waals surface area contributed by atoms with Gasteiger partial charge in [-0.25, -0.2) is 4.39 Å². The second kappa shape index (κ2) is 11.3. The summed E-state index contributed by atoms with van der Waals surface area (Å²) < 4.78 is 25.7. The molecule has 0 fully saturated rings. The number of H-pyrrole nitrogens is 1. The summed E-state index contributed by atoms with van der Waals surface area (Å²) in [4.78, 5) is 16.7. The van der Waals surface area contributed by atoms with Crippen LogP contribution in [0, 0.1) is 5.82 Å². The minimum Gasteiger partial charge on any atom is -0.497 e. The number of fused-ring (bicyclic) bond motifs is 1. The van der Waals surface area contributed by atoms with E-state index in [0.29, 0.717) is 29.2 Å². The van der Waals surface area contributed by atoms with Gasteiger partial charge < -0.3 is 24.9 Å². The summed E-state index contributed by atoms with van der Waals surface area (Å²) in [6, 6.07) is 16.8. The van der Waals surface area contributed by atoms with Crippen LogP contribution in [0.4, 0.5) is 4.39 Å². The zero-order valence-electron chi connectivity index (χ0n) is 20.7. The maximum atomic E-state index is 14.7. The number of carbonyl (C=O) groups is 1. The number of benzene rings is 3. The van der Waals surface area contributed by atoms with Gasteiger partial charge >= 0.3 is 0 Å². The summed E-state index contributed by atoms with van der Waals surface area (Å²) in [6.07, 6.45) is 2.68. The molecule has 0 aliphatic rings. The smallest absolute Gasteiger partial charge is 0.255 e. The number of carbonyl (C=O) groups excluding carboxylic acids is 1. The first-order valence-corrected chi connectivity index (χ1v) is 12.0. The Morgan fingerprint density at radius 3 is 2.69 bits per heavy atom. The number of aliphatic hydroxyl groups excluding tert-OH is 1. The summed E-state index contributed by atoms with van der Waals surface area (Å²) in [6.45, 7) is 4.13. The van der Waals surface area contributed by atoms with Gasteiger partial charge in [-0.05, 0) is 53.9 Å². The van der Waals surface area contributed by atoms with Crippen molar-refractivity contribution in [2.24, 2.45) is 0 Å². The molecular weight excluding hydrogens is 459 g/mol. The maximum absolute atomic E-state index is 14.7. The van der Waals surface area contributed by atoms with Gasteiger partial charge in [-0.15, -0.1) is 0 Å². The Bertz CT molecular complexity index is 1350.